The second kappa shape index (κ2) is 6.44. The fraction of sp³-hybridized carbons (Fsp3) is 0.500. The number of hydrogen-bond donors (Lipinski definition) is 1. The van der Waals surface area contributed by atoms with Crippen molar-refractivity contribution in [1.29, 1.82) is 0 Å². The van der Waals surface area contributed by atoms with Crippen LogP contribution < -0.4 is 4.47 Å². The van der Waals surface area contributed by atoms with Crippen molar-refractivity contribution in [2.75, 3.05) is 4.47 Å². The molecule has 0 heterocycles. The number of anilines is 1. The van der Waals surface area contributed by atoms with Gasteiger partial charge >= 0.3 is 16.3 Å². The third-order valence-corrected chi connectivity index (χ3v) is 3.89. The van der Waals surface area contributed by atoms with Gasteiger partial charge in [-0.15, -0.1) is 0 Å². The highest BCUT2D eigenvalue weighted by atomic mass is 32.2. The Morgan fingerprint density at radius 3 is 2.14 bits per heavy atom. The van der Waals surface area contributed by atoms with Crippen molar-refractivity contribution in [3.63, 3.8) is 0 Å². The van der Waals surface area contributed by atoms with E-state index in [1.54, 1.807) is 39.8 Å². The normalized spacial score (nSPS) is 12.9. The summed E-state index contributed by atoms with van der Waals surface area (Å²) < 4.78 is 32.8. The Hall–Kier alpha value is -1.60. The van der Waals surface area contributed by atoms with Gasteiger partial charge in [0.2, 0.25) is 0 Å². The van der Waals surface area contributed by atoms with Gasteiger partial charge in [-0.1, -0.05) is 36.0 Å². The van der Waals surface area contributed by atoms with Crippen LogP contribution in [0.3, 0.4) is 0 Å². The van der Waals surface area contributed by atoms with Crippen molar-refractivity contribution in [3.05, 3.63) is 28.8 Å². The van der Waals surface area contributed by atoms with Gasteiger partial charge in [0.15, 0.2) is 0 Å². The predicted octanol–water partition coefficient (Wildman–Crippen LogP) is 2.73. The van der Waals surface area contributed by atoms with E-state index >= 15 is 0 Å². The van der Waals surface area contributed by atoms with Crippen LogP contribution >= 0.6 is 0 Å². The molecule has 0 fully saturated rings. The Labute approximate surface area is 125 Å². The molecule has 7 heteroatoms. The molecule has 0 saturated heterocycles. The number of benzene rings is 1. The minimum absolute atomic E-state index is 0.153. The predicted molar refractivity (Wildman–Crippen MR) is 80.2 cm³/mol. The molecular formula is C14H21NO5S. The van der Waals surface area contributed by atoms with E-state index in [9.17, 15) is 17.8 Å². The van der Waals surface area contributed by atoms with Gasteiger partial charge in [0, 0.05) is 0 Å². The molecule has 0 aliphatic heterocycles. The molecule has 6 nitrogen and oxygen atoms in total. The maximum Gasteiger partial charge on any atom is 0.391 e. The average Bonchev–Trinajstić information content (AvgIpc) is 2.33. The smallest absolute Gasteiger partial charge is 0.324 e. The SMILES string of the molecule is CCC(C)C(=O)ON(c1c(C)cc(C)cc1C)S(=O)(=O)O. The van der Waals surface area contributed by atoms with Gasteiger partial charge in [0.05, 0.1) is 5.92 Å². The molecule has 0 bridgehead atoms. The molecular weight excluding hydrogens is 294 g/mol. The van der Waals surface area contributed by atoms with E-state index in [0.717, 1.165) is 5.56 Å². The first kappa shape index (κ1) is 17.5. The molecule has 0 aliphatic rings. The van der Waals surface area contributed by atoms with Crippen molar-refractivity contribution >= 4 is 22.0 Å². The number of rotatable bonds is 5. The number of carbonyl (C=O) groups excluding carboxylic acids is 1. The summed E-state index contributed by atoms with van der Waals surface area (Å²) in [7, 11) is -4.72. The molecule has 0 aromatic heterocycles. The molecule has 118 valence electrons. The number of carbonyl (C=O) groups is 1. The van der Waals surface area contributed by atoms with Crippen LogP contribution in [-0.2, 0) is 19.9 Å². The Morgan fingerprint density at radius 2 is 1.76 bits per heavy atom. The summed E-state index contributed by atoms with van der Waals surface area (Å²) >= 11 is 0. The van der Waals surface area contributed by atoms with Crippen molar-refractivity contribution in [2.24, 2.45) is 5.92 Å². The summed E-state index contributed by atoms with van der Waals surface area (Å²) in [6.45, 7) is 8.65. The fourth-order valence-electron chi connectivity index (χ4n) is 2.01. The maximum absolute atomic E-state index is 11.9. The lowest BCUT2D eigenvalue weighted by Crippen LogP contribution is -2.36. The summed E-state index contributed by atoms with van der Waals surface area (Å²) in [6, 6.07) is 3.50. The molecule has 21 heavy (non-hydrogen) atoms. The van der Waals surface area contributed by atoms with Crippen molar-refractivity contribution in [3.8, 4) is 0 Å². The molecule has 1 N–H and O–H groups in total. The molecule has 1 aromatic rings. The van der Waals surface area contributed by atoms with Crippen LogP contribution in [0.15, 0.2) is 12.1 Å². The van der Waals surface area contributed by atoms with E-state index in [4.69, 9.17) is 4.84 Å². The first-order chi connectivity index (χ1) is 9.57. The van der Waals surface area contributed by atoms with Crippen LogP contribution in [0.5, 0.6) is 0 Å². The largest absolute Gasteiger partial charge is 0.391 e. The van der Waals surface area contributed by atoms with Gasteiger partial charge in [-0.3, -0.25) is 4.55 Å². The lowest BCUT2D eigenvalue weighted by Gasteiger charge is -2.24. The summed E-state index contributed by atoms with van der Waals surface area (Å²) in [5.41, 5.74) is 2.26. The molecule has 0 saturated carbocycles. The highest BCUT2D eigenvalue weighted by Crippen LogP contribution is 2.29. The van der Waals surface area contributed by atoms with Gasteiger partial charge < -0.3 is 4.84 Å². The van der Waals surface area contributed by atoms with Gasteiger partial charge in [-0.05, 0) is 38.3 Å². The highest BCUT2D eigenvalue weighted by Gasteiger charge is 2.29. The monoisotopic (exact) mass is 315 g/mol. The lowest BCUT2D eigenvalue weighted by atomic mass is 10.1. The van der Waals surface area contributed by atoms with E-state index in [-0.39, 0.29) is 5.69 Å². The van der Waals surface area contributed by atoms with Gasteiger partial charge in [-0.25, -0.2) is 4.79 Å². The Bertz CT molecular complexity index is 616. The van der Waals surface area contributed by atoms with Crippen molar-refractivity contribution in [1.82, 2.24) is 0 Å². The van der Waals surface area contributed by atoms with E-state index < -0.39 is 22.2 Å². The quantitative estimate of drug-likeness (QED) is 0.667. The zero-order valence-electron chi connectivity index (χ0n) is 12.9. The zero-order chi connectivity index (χ0) is 16.4. The third-order valence-electron chi connectivity index (χ3n) is 3.22. The Balaban J connectivity index is 3.32. The first-order valence-electron chi connectivity index (χ1n) is 6.65. The summed E-state index contributed by atoms with van der Waals surface area (Å²) in [5, 5.41) is 0. The maximum atomic E-state index is 11.9. The molecule has 1 atom stereocenters. The molecule has 1 aromatic carbocycles. The molecule has 0 radical (unpaired) electrons. The van der Waals surface area contributed by atoms with E-state index in [1.807, 2.05) is 6.92 Å². The highest BCUT2D eigenvalue weighted by molar-refractivity contribution is 7.87. The molecule has 0 spiro atoms. The minimum Gasteiger partial charge on any atom is -0.324 e. The summed E-state index contributed by atoms with van der Waals surface area (Å²) in [4.78, 5) is 16.8. The van der Waals surface area contributed by atoms with Crippen LogP contribution in [0.2, 0.25) is 0 Å². The van der Waals surface area contributed by atoms with E-state index in [2.05, 4.69) is 0 Å². The van der Waals surface area contributed by atoms with E-state index in [1.165, 1.54) is 0 Å². The van der Waals surface area contributed by atoms with Crippen LogP contribution in [0, 0.1) is 26.7 Å². The van der Waals surface area contributed by atoms with Crippen molar-refractivity contribution < 1.29 is 22.6 Å². The van der Waals surface area contributed by atoms with Gasteiger partial charge in [0.1, 0.15) is 5.69 Å². The molecule has 1 rings (SSSR count). The van der Waals surface area contributed by atoms with Gasteiger partial charge in [0.25, 0.3) is 0 Å². The summed E-state index contributed by atoms with van der Waals surface area (Å²) in [5.74, 6) is -1.19. The molecule has 1 unspecified atom stereocenters. The number of aryl methyl sites for hydroxylation is 3. The van der Waals surface area contributed by atoms with Crippen LogP contribution in [0.1, 0.15) is 37.0 Å². The van der Waals surface area contributed by atoms with E-state index in [0.29, 0.717) is 22.0 Å². The summed E-state index contributed by atoms with van der Waals surface area (Å²) in [6.07, 6.45) is 0.504. The number of nitrogens with zero attached hydrogens (tertiary/aromatic N) is 1. The lowest BCUT2D eigenvalue weighted by molar-refractivity contribution is -0.147. The van der Waals surface area contributed by atoms with Crippen LogP contribution in [0.25, 0.3) is 0 Å². The second-order valence-corrected chi connectivity index (χ2v) is 6.40. The Morgan fingerprint density at radius 1 is 1.29 bits per heavy atom. The fourth-order valence-corrected chi connectivity index (χ4v) is 2.69. The Kier molecular flexibility index (Phi) is 5.36. The minimum atomic E-state index is -4.72. The zero-order valence-corrected chi connectivity index (χ0v) is 13.7. The number of hydrogen-bond acceptors (Lipinski definition) is 4. The molecule has 0 amide bonds. The van der Waals surface area contributed by atoms with Crippen LogP contribution in [-0.4, -0.2) is 18.9 Å². The first-order valence-corrected chi connectivity index (χ1v) is 8.05. The third kappa shape index (κ3) is 4.18. The average molecular weight is 315 g/mol. The second-order valence-electron chi connectivity index (χ2n) is 5.17. The standard InChI is InChI=1S/C14H21NO5S/c1-6-10(3)14(16)20-15(21(17,18)19)13-11(4)7-9(2)8-12(13)5/h7-8,10H,6H2,1-5H3,(H,17,18,19). The van der Waals surface area contributed by atoms with Crippen LogP contribution in [0.4, 0.5) is 5.69 Å². The molecule has 0 aliphatic carbocycles. The van der Waals surface area contributed by atoms with Crippen molar-refractivity contribution in [2.45, 2.75) is 41.0 Å². The topological polar surface area (TPSA) is 83.9 Å². The van der Waals surface area contributed by atoms with Gasteiger partial charge in [-0.2, -0.15) is 8.42 Å².